The molecule has 0 saturated heterocycles. The van der Waals surface area contributed by atoms with E-state index in [1.54, 1.807) is 16.7 Å². The fourth-order valence-electron chi connectivity index (χ4n) is 1.21. The van der Waals surface area contributed by atoms with Gasteiger partial charge in [0.1, 0.15) is 0 Å². The molecule has 5 nitrogen and oxygen atoms in total. The highest BCUT2D eigenvalue weighted by atomic mass is 32.1. The Morgan fingerprint density at radius 1 is 1.50 bits per heavy atom. The van der Waals surface area contributed by atoms with E-state index in [2.05, 4.69) is 26.7 Å². The van der Waals surface area contributed by atoms with Gasteiger partial charge in [0.2, 0.25) is 0 Å². The summed E-state index contributed by atoms with van der Waals surface area (Å²) in [5, 5.41) is 10.0. The fourth-order valence-corrected chi connectivity index (χ4v) is 2.41. The van der Waals surface area contributed by atoms with E-state index in [-0.39, 0.29) is 5.91 Å². The Bertz CT molecular complexity index is 580. The first kappa shape index (κ1) is 12.7. The summed E-state index contributed by atoms with van der Waals surface area (Å²) in [5.41, 5.74) is 6.56. The Hall–Kier alpha value is -1.75. The molecule has 0 spiro atoms. The number of rotatable bonds is 3. The first-order valence-electron chi connectivity index (χ1n) is 5.11. The van der Waals surface area contributed by atoms with Crippen molar-refractivity contribution in [2.45, 2.75) is 6.54 Å². The van der Waals surface area contributed by atoms with Crippen LogP contribution < -0.4 is 11.1 Å². The number of nitrogens with one attached hydrogen (secondary N) is 1. The minimum atomic E-state index is -0.216. The maximum Gasteiger partial charge on any atom is 0.273 e. The van der Waals surface area contributed by atoms with Gasteiger partial charge >= 0.3 is 0 Å². The fraction of sp³-hybridized carbons (Fsp3) is 0.182. The second-order valence-electron chi connectivity index (χ2n) is 3.28. The first-order valence-corrected chi connectivity index (χ1v) is 6.83. The molecule has 2 aromatic rings. The van der Waals surface area contributed by atoms with Crippen LogP contribution in [0.5, 0.6) is 0 Å². The Morgan fingerprint density at radius 3 is 3.11 bits per heavy atom. The molecular formula is C11H10N4OS2. The van der Waals surface area contributed by atoms with Crippen molar-refractivity contribution in [1.82, 2.24) is 14.9 Å². The van der Waals surface area contributed by atoms with E-state index < -0.39 is 0 Å². The van der Waals surface area contributed by atoms with Gasteiger partial charge in [-0.3, -0.25) is 4.79 Å². The summed E-state index contributed by atoms with van der Waals surface area (Å²) in [5.74, 6) is 5.51. The number of nitrogens with two attached hydrogens (primary N) is 1. The van der Waals surface area contributed by atoms with Gasteiger partial charge in [0.05, 0.1) is 13.1 Å². The monoisotopic (exact) mass is 278 g/mol. The molecule has 0 aliphatic rings. The lowest BCUT2D eigenvalue weighted by molar-refractivity contribution is 0.0946. The molecule has 0 saturated carbocycles. The van der Waals surface area contributed by atoms with Gasteiger partial charge in [0.25, 0.3) is 5.91 Å². The van der Waals surface area contributed by atoms with Crippen molar-refractivity contribution in [3.8, 4) is 11.8 Å². The van der Waals surface area contributed by atoms with Crippen LogP contribution in [0.15, 0.2) is 16.8 Å². The van der Waals surface area contributed by atoms with Crippen LogP contribution in [-0.2, 0) is 6.54 Å². The average Bonchev–Trinajstić information content (AvgIpc) is 3.04. The Kier molecular flexibility index (Phi) is 4.41. The summed E-state index contributed by atoms with van der Waals surface area (Å²) in [6.07, 6.45) is 0. The highest BCUT2D eigenvalue weighted by Gasteiger charge is 2.08. The molecule has 0 fully saturated rings. The van der Waals surface area contributed by atoms with Crippen molar-refractivity contribution in [2.24, 2.45) is 5.73 Å². The summed E-state index contributed by atoms with van der Waals surface area (Å²) in [7, 11) is 0. The van der Waals surface area contributed by atoms with E-state index >= 15 is 0 Å². The quantitative estimate of drug-likeness (QED) is 0.815. The van der Waals surface area contributed by atoms with E-state index in [0.29, 0.717) is 18.8 Å². The molecule has 3 N–H and O–H groups in total. The van der Waals surface area contributed by atoms with Crippen molar-refractivity contribution in [3.63, 3.8) is 0 Å². The molecule has 0 aromatic carbocycles. The number of nitrogens with zero attached hydrogens (tertiary/aromatic N) is 2. The second-order valence-corrected chi connectivity index (χ2v) is 4.89. The zero-order valence-corrected chi connectivity index (χ0v) is 11.0. The van der Waals surface area contributed by atoms with Gasteiger partial charge in [-0.15, -0.1) is 16.4 Å². The molecule has 18 heavy (non-hydrogen) atoms. The van der Waals surface area contributed by atoms with Crippen LogP contribution in [0.3, 0.4) is 0 Å². The molecule has 0 bridgehead atoms. The van der Waals surface area contributed by atoms with Crippen LogP contribution in [0.2, 0.25) is 0 Å². The standard InChI is InChI=1S/C11H10N4OS2/c12-3-1-2-8-4-9(17-6-8)5-13-11(16)10-7-18-15-14-10/h4,6-7H,3,5,12H2,(H,13,16). The zero-order chi connectivity index (χ0) is 12.8. The molecule has 2 rings (SSSR count). The molecule has 0 unspecified atom stereocenters. The summed E-state index contributed by atoms with van der Waals surface area (Å²) < 4.78 is 3.64. The van der Waals surface area contributed by atoms with Gasteiger partial charge in [-0.25, -0.2) is 0 Å². The van der Waals surface area contributed by atoms with Gasteiger partial charge in [0.15, 0.2) is 5.69 Å². The van der Waals surface area contributed by atoms with E-state index in [1.807, 2.05) is 11.4 Å². The van der Waals surface area contributed by atoms with E-state index in [4.69, 9.17) is 5.73 Å². The van der Waals surface area contributed by atoms with E-state index in [9.17, 15) is 4.79 Å². The van der Waals surface area contributed by atoms with Gasteiger partial charge in [-0.05, 0) is 17.6 Å². The van der Waals surface area contributed by atoms with Crippen molar-refractivity contribution in [2.75, 3.05) is 6.54 Å². The number of thiophene rings is 1. The number of hydrogen-bond donors (Lipinski definition) is 2. The predicted molar refractivity (Wildman–Crippen MR) is 71.3 cm³/mol. The molecule has 92 valence electrons. The topological polar surface area (TPSA) is 80.9 Å². The van der Waals surface area contributed by atoms with Gasteiger partial charge in [0, 0.05) is 21.2 Å². The van der Waals surface area contributed by atoms with E-state index in [1.165, 1.54) is 0 Å². The third-order valence-corrected chi connectivity index (χ3v) is 3.45. The van der Waals surface area contributed by atoms with Crippen LogP contribution in [0.1, 0.15) is 20.9 Å². The van der Waals surface area contributed by atoms with Gasteiger partial charge < -0.3 is 11.1 Å². The molecule has 7 heteroatoms. The number of aromatic nitrogens is 2. The van der Waals surface area contributed by atoms with Crippen LogP contribution in [0.25, 0.3) is 0 Å². The van der Waals surface area contributed by atoms with Crippen molar-refractivity contribution in [3.05, 3.63) is 33.0 Å². The lowest BCUT2D eigenvalue weighted by Crippen LogP contribution is -2.22. The first-order chi connectivity index (χ1) is 8.79. The Morgan fingerprint density at radius 2 is 2.39 bits per heavy atom. The van der Waals surface area contributed by atoms with E-state index in [0.717, 1.165) is 22.0 Å². The molecule has 2 aromatic heterocycles. The van der Waals surface area contributed by atoms with Crippen molar-refractivity contribution in [1.29, 1.82) is 0 Å². The summed E-state index contributed by atoms with van der Waals surface area (Å²) in [4.78, 5) is 12.6. The van der Waals surface area contributed by atoms with Crippen LogP contribution in [0.4, 0.5) is 0 Å². The predicted octanol–water partition coefficient (Wildman–Crippen LogP) is 0.840. The normalized spacial score (nSPS) is 9.61. The maximum atomic E-state index is 11.6. The number of carbonyl (C=O) groups excluding carboxylic acids is 1. The third-order valence-electron chi connectivity index (χ3n) is 2.00. The second kappa shape index (κ2) is 6.26. The SMILES string of the molecule is NCC#Cc1csc(CNC(=O)c2csnn2)c1. The van der Waals surface area contributed by atoms with Crippen LogP contribution in [0, 0.1) is 11.8 Å². The number of carbonyl (C=O) groups is 1. The lowest BCUT2D eigenvalue weighted by atomic mass is 10.3. The summed E-state index contributed by atoms with van der Waals surface area (Å²) >= 11 is 2.70. The minimum Gasteiger partial charge on any atom is -0.346 e. The van der Waals surface area contributed by atoms with Crippen LogP contribution in [-0.4, -0.2) is 22.0 Å². The lowest BCUT2D eigenvalue weighted by Gasteiger charge is -1.99. The largest absolute Gasteiger partial charge is 0.346 e. The molecule has 2 heterocycles. The molecule has 0 aliphatic carbocycles. The van der Waals surface area contributed by atoms with Gasteiger partial charge in [-0.1, -0.05) is 16.3 Å². The molecule has 0 atom stereocenters. The van der Waals surface area contributed by atoms with Gasteiger partial charge in [-0.2, -0.15) is 0 Å². The zero-order valence-electron chi connectivity index (χ0n) is 9.34. The summed E-state index contributed by atoms with van der Waals surface area (Å²) in [6, 6.07) is 1.94. The van der Waals surface area contributed by atoms with Crippen molar-refractivity contribution < 1.29 is 4.79 Å². The number of hydrogen-bond acceptors (Lipinski definition) is 6. The summed E-state index contributed by atoms with van der Waals surface area (Å²) in [6.45, 7) is 0.810. The maximum absolute atomic E-state index is 11.6. The molecule has 0 aliphatic heterocycles. The third kappa shape index (κ3) is 3.37. The van der Waals surface area contributed by atoms with Crippen molar-refractivity contribution >= 4 is 28.8 Å². The van der Waals surface area contributed by atoms with Crippen LogP contribution >= 0.6 is 22.9 Å². The highest BCUT2D eigenvalue weighted by molar-refractivity contribution is 7.10. The Labute approximate surface area is 112 Å². The Balaban J connectivity index is 1.90. The highest BCUT2D eigenvalue weighted by Crippen LogP contribution is 2.13. The minimum absolute atomic E-state index is 0.216. The smallest absolute Gasteiger partial charge is 0.273 e. The average molecular weight is 278 g/mol. The molecule has 1 amide bonds. The molecule has 0 radical (unpaired) electrons. The molecular weight excluding hydrogens is 268 g/mol. The number of amides is 1.